The standard InChI is InChI=1S/C8H9N3O2/c1-5(3-9)11-8(12)7-4-10-13-6(7)2/h4-5H,1-2H3,(H,11,12). The number of hydrogen-bond donors (Lipinski definition) is 1. The molecule has 0 fully saturated rings. The second kappa shape index (κ2) is 3.72. The number of aromatic nitrogens is 1. The molecule has 1 aromatic heterocycles. The van der Waals surface area contributed by atoms with E-state index < -0.39 is 6.04 Å². The molecule has 1 rings (SSSR count). The minimum atomic E-state index is -0.512. The average molecular weight is 179 g/mol. The fourth-order valence-electron chi connectivity index (χ4n) is 0.823. The number of nitrogens with one attached hydrogen (secondary N) is 1. The van der Waals surface area contributed by atoms with Crippen molar-refractivity contribution in [1.29, 1.82) is 5.26 Å². The Morgan fingerprint density at radius 2 is 2.54 bits per heavy atom. The van der Waals surface area contributed by atoms with Gasteiger partial charge in [-0.15, -0.1) is 0 Å². The quantitative estimate of drug-likeness (QED) is 0.721. The van der Waals surface area contributed by atoms with E-state index in [1.54, 1.807) is 13.8 Å². The van der Waals surface area contributed by atoms with Gasteiger partial charge in [-0.1, -0.05) is 5.16 Å². The predicted molar refractivity (Wildman–Crippen MR) is 43.8 cm³/mol. The summed E-state index contributed by atoms with van der Waals surface area (Å²) in [6.07, 6.45) is 1.33. The summed E-state index contributed by atoms with van der Waals surface area (Å²) in [5.74, 6) is 0.107. The van der Waals surface area contributed by atoms with Gasteiger partial charge in [0.2, 0.25) is 0 Å². The van der Waals surface area contributed by atoms with E-state index in [0.29, 0.717) is 11.3 Å². The zero-order chi connectivity index (χ0) is 9.84. The first kappa shape index (κ1) is 9.26. The van der Waals surface area contributed by atoms with Crippen LogP contribution in [0.1, 0.15) is 23.0 Å². The third-order valence-electron chi connectivity index (χ3n) is 1.54. The lowest BCUT2D eigenvalue weighted by Crippen LogP contribution is -2.31. The number of carbonyl (C=O) groups excluding carboxylic acids is 1. The van der Waals surface area contributed by atoms with Gasteiger partial charge in [-0.2, -0.15) is 5.26 Å². The van der Waals surface area contributed by atoms with Crippen molar-refractivity contribution in [1.82, 2.24) is 10.5 Å². The SMILES string of the molecule is Cc1oncc1C(=O)NC(C)C#N. The molecule has 0 saturated heterocycles. The first-order valence-corrected chi connectivity index (χ1v) is 3.77. The van der Waals surface area contributed by atoms with E-state index in [1.807, 2.05) is 6.07 Å². The molecule has 1 heterocycles. The molecular weight excluding hydrogens is 170 g/mol. The smallest absolute Gasteiger partial charge is 0.257 e. The second-order valence-electron chi connectivity index (χ2n) is 2.62. The van der Waals surface area contributed by atoms with Gasteiger partial charge in [-0.25, -0.2) is 0 Å². The van der Waals surface area contributed by atoms with Gasteiger partial charge in [0.1, 0.15) is 17.4 Å². The van der Waals surface area contributed by atoms with Crippen LogP contribution in [0.15, 0.2) is 10.7 Å². The maximum atomic E-state index is 11.3. The van der Waals surface area contributed by atoms with Crippen molar-refractivity contribution in [3.8, 4) is 6.07 Å². The normalized spacial score (nSPS) is 11.8. The van der Waals surface area contributed by atoms with Gasteiger partial charge in [-0.05, 0) is 13.8 Å². The van der Waals surface area contributed by atoms with Crippen molar-refractivity contribution in [3.63, 3.8) is 0 Å². The molecule has 5 heteroatoms. The number of hydrogen-bond acceptors (Lipinski definition) is 4. The molecule has 0 saturated carbocycles. The Labute approximate surface area is 75.3 Å². The van der Waals surface area contributed by atoms with Gasteiger partial charge in [-0.3, -0.25) is 4.79 Å². The summed E-state index contributed by atoms with van der Waals surface area (Å²) < 4.78 is 4.71. The lowest BCUT2D eigenvalue weighted by atomic mass is 10.2. The van der Waals surface area contributed by atoms with Crippen molar-refractivity contribution >= 4 is 5.91 Å². The zero-order valence-corrected chi connectivity index (χ0v) is 7.37. The topological polar surface area (TPSA) is 78.9 Å². The summed E-state index contributed by atoms with van der Waals surface area (Å²) in [6.45, 7) is 3.24. The molecule has 1 atom stereocenters. The lowest BCUT2D eigenvalue weighted by Gasteiger charge is -2.03. The summed E-state index contributed by atoms with van der Waals surface area (Å²) >= 11 is 0. The van der Waals surface area contributed by atoms with Gasteiger partial charge in [0, 0.05) is 0 Å². The number of amides is 1. The molecular formula is C8H9N3O2. The van der Waals surface area contributed by atoms with E-state index in [9.17, 15) is 4.79 Å². The van der Waals surface area contributed by atoms with Gasteiger partial charge >= 0.3 is 0 Å². The van der Waals surface area contributed by atoms with Gasteiger partial charge in [0.15, 0.2) is 0 Å². The van der Waals surface area contributed by atoms with Crippen molar-refractivity contribution < 1.29 is 9.32 Å². The van der Waals surface area contributed by atoms with E-state index in [4.69, 9.17) is 9.78 Å². The molecule has 0 radical (unpaired) electrons. The van der Waals surface area contributed by atoms with E-state index in [2.05, 4.69) is 10.5 Å². The molecule has 1 N–H and O–H groups in total. The highest BCUT2D eigenvalue weighted by atomic mass is 16.5. The summed E-state index contributed by atoms with van der Waals surface area (Å²) in [5.41, 5.74) is 0.363. The number of nitriles is 1. The second-order valence-corrected chi connectivity index (χ2v) is 2.62. The minimum Gasteiger partial charge on any atom is -0.361 e. The van der Waals surface area contributed by atoms with Crippen molar-refractivity contribution in [3.05, 3.63) is 17.5 Å². The first-order chi connectivity index (χ1) is 6.15. The van der Waals surface area contributed by atoms with Crippen LogP contribution >= 0.6 is 0 Å². The molecule has 68 valence electrons. The Morgan fingerprint density at radius 3 is 3.00 bits per heavy atom. The molecule has 1 aromatic rings. The zero-order valence-electron chi connectivity index (χ0n) is 7.37. The van der Waals surface area contributed by atoms with Crippen LogP contribution in [0, 0.1) is 18.3 Å². The summed E-state index contributed by atoms with van der Waals surface area (Å²) in [5, 5.41) is 14.4. The summed E-state index contributed by atoms with van der Waals surface area (Å²) in [6, 6.07) is 1.38. The fourth-order valence-corrected chi connectivity index (χ4v) is 0.823. The van der Waals surface area contributed by atoms with Crippen LogP contribution in [0.3, 0.4) is 0 Å². The number of carbonyl (C=O) groups is 1. The molecule has 0 spiro atoms. The van der Waals surface area contributed by atoms with E-state index in [-0.39, 0.29) is 5.91 Å². The van der Waals surface area contributed by atoms with E-state index >= 15 is 0 Å². The average Bonchev–Trinajstić information content (AvgIpc) is 2.51. The molecule has 0 aliphatic carbocycles. The molecule has 1 amide bonds. The van der Waals surface area contributed by atoms with Gasteiger partial charge in [0.05, 0.1) is 12.3 Å². The van der Waals surface area contributed by atoms with Crippen LogP contribution in [0.5, 0.6) is 0 Å². The third-order valence-corrected chi connectivity index (χ3v) is 1.54. The lowest BCUT2D eigenvalue weighted by molar-refractivity contribution is 0.0946. The highest BCUT2D eigenvalue weighted by Gasteiger charge is 2.14. The number of rotatable bonds is 2. The summed E-state index contributed by atoms with van der Waals surface area (Å²) in [4.78, 5) is 11.3. The van der Waals surface area contributed by atoms with Crippen LogP contribution in [0.2, 0.25) is 0 Å². The molecule has 0 aliphatic heterocycles. The van der Waals surface area contributed by atoms with Crippen LogP contribution in [-0.4, -0.2) is 17.1 Å². The molecule has 0 aromatic carbocycles. The molecule has 0 bridgehead atoms. The number of nitrogens with zero attached hydrogens (tertiary/aromatic N) is 2. The van der Waals surface area contributed by atoms with Crippen molar-refractivity contribution in [2.45, 2.75) is 19.9 Å². The first-order valence-electron chi connectivity index (χ1n) is 3.77. The van der Waals surface area contributed by atoms with Crippen molar-refractivity contribution in [2.75, 3.05) is 0 Å². The Morgan fingerprint density at radius 1 is 1.85 bits per heavy atom. The fraction of sp³-hybridized carbons (Fsp3) is 0.375. The molecule has 13 heavy (non-hydrogen) atoms. The Hall–Kier alpha value is -1.83. The van der Waals surface area contributed by atoms with Gasteiger partial charge < -0.3 is 9.84 Å². The Kier molecular flexibility index (Phi) is 2.65. The van der Waals surface area contributed by atoms with E-state index in [1.165, 1.54) is 6.20 Å². The molecule has 0 aliphatic rings. The van der Waals surface area contributed by atoms with Crippen molar-refractivity contribution in [2.24, 2.45) is 0 Å². The Bertz CT molecular complexity index is 351. The summed E-state index contributed by atoms with van der Waals surface area (Å²) in [7, 11) is 0. The van der Waals surface area contributed by atoms with Crippen LogP contribution in [0.25, 0.3) is 0 Å². The third kappa shape index (κ3) is 2.06. The number of aryl methyl sites for hydroxylation is 1. The minimum absolute atomic E-state index is 0.340. The van der Waals surface area contributed by atoms with Crippen LogP contribution in [-0.2, 0) is 0 Å². The monoisotopic (exact) mass is 179 g/mol. The van der Waals surface area contributed by atoms with Crippen LogP contribution in [0.4, 0.5) is 0 Å². The maximum Gasteiger partial charge on any atom is 0.257 e. The predicted octanol–water partition coefficient (Wildman–Crippen LogP) is 0.625. The van der Waals surface area contributed by atoms with Gasteiger partial charge in [0.25, 0.3) is 5.91 Å². The Balaban J connectivity index is 2.71. The largest absolute Gasteiger partial charge is 0.361 e. The maximum absolute atomic E-state index is 11.3. The molecule has 5 nitrogen and oxygen atoms in total. The van der Waals surface area contributed by atoms with E-state index in [0.717, 1.165) is 0 Å². The highest BCUT2D eigenvalue weighted by molar-refractivity contribution is 5.95. The molecule has 1 unspecified atom stereocenters. The highest BCUT2D eigenvalue weighted by Crippen LogP contribution is 2.05. The van der Waals surface area contributed by atoms with Crippen LogP contribution < -0.4 is 5.32 Å².